The molecule has 1 saturated carbocycles. The molecule has 186 valence electrons. The first-order chi connectivity index (χ1) is 15.7. The third-order valence-corrected chi connectivity index (χ3v) is 6.33. The molecule has 1 saturated heterocycles. The van der Waals surface area contributed by atoms with Crippen LogP contribution in [0.25, 0.3) is 0 Å². The van der Waals surface area contributed by atoms with E-state index in [1.165, 1.54) is 4.90 Å². The molecule has 2 unspecified atom stereocenters. The molecule has 1 aliphatic heterocycles. The Balaban J connectivity index is 2.06. The Morgan fingerprint density at radius 2 is 1.79 bits per heavy atom. The summed E-state index contributed by atoms with van der Waals surface area (Å²) in [5, 5.41) is 23.9. The first kappa shape index (κ1) is 26.3. The molecule has 7 N–H and O–H groups in total. The fraction of sp³-hybridized carbons (Fsp3) is 0.762. The van der Waals surface area contributed by atoms with E-state index in [1.807, 2.05) is 0 Å². The standard InChI is InChI=1S/C21H35FN6O5/c22-12-16(29)14(8-4-10-25-20(23)24)26-18(30)15-9-5-11-28(15)19(31)17(27-21(32)33)13-6-2-1-3-7-13/h13-15,17,27H,1-12H2,(H,26,30)(H,32,33)(H4,23,24,25)/t14?,15-,17?/m0/s1. The third-order valence-electron chi connectivity index (χ3n) is 6.33. The summed E-state index contributed by atoms with van der Waals surface area (Å²) >= 11 is 0. The highest BCUT2D eigenvalue weighted by molar-refractivity contribution is 5.95. The van der Waals surface area contributed by atoms with Crippen molar-refractivity contribution >= 4 is 29.7 Å². The molecule has 1 aliphatic carbocycles. The topological polar surface area (TPSA) is 178 Å². The van der Waals surface area contributed by atoms with Gasteiger partial charge in [-0.15, -0.1) is 0 Å². The summed E-state index contributed by atoms with van der Waals surface area (Å²) < 4.78 is 13.0. The second-order valence-electron chi connectivity index (χ2n) is 8.66. The number of nitrogens with two attached hydrogens (primary N) is 1. The van der Waals surface area contributed by atoms with Crippen molar-refractivity contribution in [2.75, 3.05) is 19.8 Å². The number of Topliss-reactive ketones (excluding diaryl/α,β-unsaturated/α-hetero) is 1. The van der Waals surface area contributed by atoms with Crippen LogP contribution in [0, 0.1) is 11.3 Å². The number of halogens is 1. The zero-order valence-corrected chi connectivity index (χ0v) is 18.8. The summed E-state index contributed by atoms with van der Waals surface area (Å²) in [6.07, 6.45) is 4.55. The molecular weight excluding hydrogens is 435 g/mol. The third kappa shape index (κ3) is 7.86. The van der Waals surface area contributed by atoms with Crippen LogP contribution in [0.3, 0.4) is 0 Å². The largest absolute Gasteiger partial charge is 0.465 e. The normalized spacial score (nSPS) is 20.5. The predicted molar refractivity (Wildman–Crippen MR) is 118 cm³/mol. The maximum atomic E-state index is 13.3. The smallest absolute Gasteiger partial charge is 0.405 e. The van der Waals surface area contributed by atoms with Gasteiger partial charge in [0.2, 0.25) is 11.8 Å². The number of alkyl halides is 1. The average molecular weight is 471 g/mol. The number of carbonyl (C=O) groups is 4. The number of nitrogens with zero attached hydrogens (tertiary/aromatic N) is 1. The van der Waals surface area contributed by atoms with Crippen molar-refractivity contribution in [2.45, 2.75) is 75.9 Å². The molecule has 0 aromatic rings. The number of hydrogen-bond donors (Lipinski definition) is 6. The van der Waals surface area contributed by atoms with Gasteiger partial charge in [0.05, 0.1) is 6.04 Å². The molecule has 1 heterocycles. The van der Waals surface area contributed by atoms with E-state index in [9.17, 15) is 28.7 Å². The fourth-order valence-electron chi connectivity index (χ4n) is 4.67. The molecule has 2 aliphatic rings. The highest BCUT2D eigenvalue weighted by Gasteiger charge is 2.41. The van der Waals surface area contributed by atoms with Gasteiger partial charge in [-0.1, -0.05) is 19.3 Å². The van der Waals surface area contributed by atoms with Gasteiger partial charge in [0.15, 0.2) is 11.7 Å². The molecular formula is C21H35FN6O5. The van der Waals surface area contributed by atoms with Crippen molar-refractivity contribution in [2.24, 2.45) is 11.7 Å². The van der Waals surface area contributed by atoms with Crippen LogP contribution < -0.4 is 21.7 Å². The minimum atomic E-state index is -1.29. The van der Waals surface area contributed by atoms with Gasteiger partial charge in [-0.05, 0) is 44.4 Å². The van der Waals surface area contributed by atoms with Crippen LogP contribution in [0.5, 0.6) is 0 Å². The molecule has 0 bridgehead atoms. The quantitative estimate of drug-likeness (QED) is 0.144. The number of nitrogens with one attached hydrogen (secondary N) is 4. The van der Waals surface area contributed by atoms with Crippen LogP contribution in [0.2, 0.25) is 0 Å². The van der Waals surface area contributed by atoms with E-state index in [2.05, 4.69) is 16.0 Å². The first-order valence-corrected chi connectivity index (χ1v) is 11.5. The minimum absolute atomic E-state index is 0.124. The van der Waals surface area contributed by atoms with Gasteiger partial charge in [0.25, 0.3) is 0 Å². The van der Waals surface area contributed by atoms with E-state index in [4.69, 9.17) is 11.1 Å². The second kappa shape index (κ2) is 12.9. The predicted octanol–water partition coefficient (Wildman–Crippen LogP) is 0.481. The van der Waals surface area contributed by atoms with Crippen LogP contribution in [0.1, 0.15) is 57.8 Å². The lowest BCUT2D eigenvalue weighted by atomic mass is 9.83. The molecule has 2 fully saturated rings. The van der Waals surface area contributed by atoms with Crippen LogP contribution in [-0.4, -0.2) is 77.5 Å². The molecule has 3 amide bonds. The Morgan fingerprint density at radius 3 is 2.39 bits per heavy atom. The molecule has 12 heteroatoms. The number of amides is 3. The molecule has 0 aromatic heterocycles. The summed E-state index contributed by atoms with van der Waals surface area (Å²) in [5.74, 6) is -2.10. The van der Waals surface area contributed by atoms with Gasteiger partial charge in [-0.2, -0.15) is 0 Å². The number of guanidine groups is 1. The monoisotopic (exact) mass is 470 g/mol. The summed E-state index contributed by atoms with van der Waals surface area (Å²) in [5.41, 5.74) is 5.21. The van der Waals surface area contributed by atoms with E-state index in [1.54, 1.807) is 0 Å². The van der Waals surface area contributed by atoms with Crippen LogP contribution in [-0.2, 0) is 14.4 Å². The van der Waals surface area contributed by atoms with E-state index < -0.39 is 48.5 Å². The van der Waals surface area contributed by atoms with Gasteiger partial charge in [-0.3, -0.25) is 19.8 Å². The molecule has 2 rings (SSSR count). The lowest BCUT2D eigenvalue weighted by Crippen LogP contribution is -2.57. The Bertz CT molecular complexity index is 730. The molecule has 0 aromatic carbocycles. The van der Waals surface area contributed by atoms with E-state index in [-0.39, 0.29) is 18.3 Å². The van der Waals surface area contributed by atoms with Crippen LogP contribution in [0.4, 0.5) is 9.18 Å². The first-order valence-electron chi connectivity index (χ1n) is 11.5. The van der Waals surface area contributed by atoms with Gasteiger partial charge in [0, 0.05) is 13.1 Å². The maximum Gasteiger partial charge on any atom is 0.405 e. The highest BCUT2D eigenvalue weighted by atomic mass is 19.1. The lowest BCUT2D eigenvalue weighted by molar-refractivity contribution is -0.142. The Morgan fingerprint density at radius 1 is 1.09 bits per heavy atom. The van der Waals surface area contributed by atoms with E-state index >= 15 is 0 Å². The Kier molecular flexibility index (Phi) is 10.3. The van der Waals surface area contributed by atoms with Gasteiger partial charge in [0.1, 0.15) is 18.8 Å². The van der Waals surface area contributed by atoms with Gasteiger partial charge >= 0.3 is 6.09 Å². The number of likely N-dealkylation sites (tertiary alicyclic amines) is 1. The zero-order chi connectivity index (χ0) is 24.4. The number of carbonyl (C=O) groups excluding carboxylic acids is 3. The average Bonchev–Trinajstić information content (AvgIpc) is 3.29. The van der Waals surface area contributed by atoms with Crippen molar-refractivity contribution in [3.63, 3.8) is 0 Å². The van der Waals surface area contributed by atoms with E-state index in [0.29, 0.717) is 32.4 Å². The molecule has 3 atom stereocenters. The van der Waals surface area contributed by atoms with Crippen LogP contribution in [0.15, 0.2) is 0 Å². The fourth-order valence-corrected chi connectivity index (χ4v) is 4.67. The summed E-state index contributed by atoms with van der Waals surface area (Å²) in [6.45, 7) is -0.629. The van der Waals surface area contributed by atoms with Crippen molar-refractivity contribution in [3.8, 4) is 0 Å². The van der Waals surface area contributed by atoms with Crippen molar-refractivity contribution in [1.82, 2.24) is 20.9 Å². The number of carboxylic acid groups (broad SMARTS) is 1. The highest BCUT2D eigenvalue weighted by Crippen LogP contribution is 2.29. The zero-order valence-electron chi connectivity index (χ0n) is 18.8. The van der Waals surface area contributed by atoms with Gasteiger partial charge in [-0.25, -0.2) is 9.18 Å². The Hall–Kier alpha value is -2.92. The number of rotatable bonds is 11. The number of hydrogen-bond acceptors (Lipinski definition) is 5. The summed E-state index contributed by atoms with van der Waals surface area (Å²) in [6, 6.07) is -2.82. The van der Waals surface area contributed by atoms with Crippen molar-refractivity contribution in [3.05, 3.63) is 0 Å². The van der Waals surface area contributed by atoms with Gasteiger partial charge < -0.3 is 31.7 Å². The molecule has 11 nitrogen and oxygen atoms in total. The second-order valence-corrected chi connectivity index (χ2v) is 8.66. The molecule has 0 spiro atoms. The SMILES string of the molecule is N=C(N)NCCCC(NC(=O)[C@@H]1CCCN1C(=O)C(NC(=O)O)C1CCCCC1)C(=O)CF. The molecule has 0 radical (unpaired) electrons. The van der Waals surface area contributed by atoms with Crippen LogP contribution >= 0.6 is 0 Å². The number of ketones is 1. The molecule has 33 heavy (non-hydrogen) atoms. The van der Waals surface area contributed by atoms with Crippen molar-refractivity contribution in [1.29, 1.82) is 5.41 Å². The summed E-state index contributed by atoms with van der Waals surface area (Å²) in [4.78, 5) is 51.0. The minimum Gasteiger partial charge on any atom is -0.465 e. The van der Waals surface area contributed by atoms with Crippen molar-refractivity contribution < 1.29 is 28.7 Å². The Labute approximate surface area is 192 Å². The lowest BCUT2D eigenvalue weighted by Gasteiger charge is -2.34. The maximum absolute atomic E-state index is 13.3. The van der Waals surface area contributed by atoms with E-state index in [0.717, 1.165) is 32.1 Å². The summed E-state index contributed by atoms with van der Waals surface area (Å²) in [7, 11) is 0.